The van der Waals surface area contributed by atoms with Crippen LogP contribution in [0.25, 0.3) is 0 Å². The molecule has 2 heterocycles. The smallest absolute Gasteiger partial charge is 0.124 e. The van der Waals surface area contributed by atoms with Gasteiger partial charge in [0.2, 0.25) is 0 Å². The molecule has 2 aliphatic heterocycles. The number of aliphatic hydroxyl groups is 1. The molecule has 3 rings (SSSR count). The number of ether oxygens (including phenoxy) is 2. The van der Waals surface area contributed by atoms with Crippen LogP contribution in [0.15, 0.2) is 12.1 Å². The Kier molecular flexibility index (Phi) is 4.20. The maximum Gasteiger partial charge on any atom is 0.124 e. The minimum Gasteiger partial charge on any atom is -0.493 e. The summed E-state index contributed by atoms with van der Waals surface area (Å²) in [5, 5.41) is 13.2. The van der Waals surface area contributed by atoms with Crippen LogP contribution in [-0.2, 0) is 4.74 Å². The van der Waals surface area contributed by atoms with Gasteiger partial charge in [-0.05, 0) is 43.9 Å². The summed E-state index contributed by atoms with van der Waals surface area (Å²) in [4.78, 5) is 0. The molecule has 4 heteroatoms. The van der Waals surface area contributed by atoms with E-state index in [0.717, 1.165) is 31.7 Å². The quantitative estimate of drug-likeness (QED) is 0.892. The molecule has 1 aromatic carbocycles. The van der Waals surface area contributed by atoms with Gasteiger partial charge in [-0.3, -0.25) is 0 Å². The van der Waals surface area contributed by atoms with E-state index in [1.165, 1.54) is 16.7 Å². The van der Waals surface area contributed by atoms with Gasteiger partial charge in [-0.15, -0.1) is 0 Å². The molecular formula is C17H25NO3. The highest BCUT2D eigenvalue weighted by molar-refractivity contribution is 5.44. The van der Waals surface area contributed by atoms with Crippen LogP contribution in [0.3, 0.4) is 0 Å². The van der Waals surface area contributed by atoms with Crippen molar-refractivity contribution in [3.63, 3.8) is 0 Å². The van der Waals surface area contributed by atoms with E-state index in [1.54, 1.807) is 0 Å². The standard InChI is InChI=1S/C17H25NO3/c1-12-6-14-15(18-8-17(9-19)10-20-11-17)4-3-5-21-16(14)7-13(12)2/h6-7,15,18-19H,3-5,8-11H2,1-2H3. The topological polar surface area (TPSA) is 50.7 Å². The molecule has 21 heavy (non-hydrogen) atoms. The lowest BCUT2D eigenvalue weighted by Crippen LogP contribution is -2.52. The maximum atomic E-state index is 9.55. The summed E-state index contributed by atoms with van der Waals surface area (Å²) in [6, 6.07) is 4.70. The third-order valence-corrected chi connectivity index (χ3v) is 4.77. The van der Waals surface area contributed by atoms with E-state index >= 15 is 0 Å². The van der Waals surface area contributed by atoms with E-state index in [1.807, 2.05) is 0 Å². The maximum absolute atomic E-state index is 9.55. The number of aliphatic hydroxyl groups excluding tert-OH is 1. The molecule has 2 aliphatic rings. The van der Waals surface area contributed by atoms with Crippen LogP contribution < -0.4 is 10.1 Å². The van der Waals surface area contributed by atoms with Gasteiger partial charge in [0, 0.05) is 18.2 Å². The van der Waals surface area contributed by atoms with Gasteiger partial charge in [0.25, 0.3) is 0 Å². The first-order chi connectivity index (χ1) is 10.1. The van der Waals surface area contributed by atoms with E-state index < -0.39 is 0 Å². The van der Waals surface area contributed by atoms with Gasteiger partial charge in [-0.25, -0.2) is 0 Å². The van der Waals surface area contributed by atoms with E-state index in [4.69, 9.17) is 9.47 Å². The lowest BCUT2D eigenvalue weighted by Gasteiger charge is -2.41. The second-order valence-corrected chi connectivity index (χ2v) is 6.55. The largest absolute Gasteiger partial charge is 0.493 e. The van der Waals surface area contributed by atoms with E-state index in [9.17, 15) is 5.11 Å². The summed E-state index contributed by atoms with van der Waals surface area (Å²) < 4.78 is 11.2. The molecule has 0 saturated carbocycles. The Hall–Kier alpha value is -1.10. The number of fused-ring (bicyclic) bond motifs is 1. The van der Waals surface area contributed by atoms with Crippen molar-refractivity contribution in [1.29, 1.82) is 0 Å². The summed E-state index contributed by atoms with van der Waals surface area (Å²) in [5.41, 5.74) is 3.74. The van der Waals surface area contributed by atoms with Crippen LogP contribution in [0.2, 0.25) is 0 Å². The number of rotatable bonds is 4. The van der Waals surface area contributed by atoms with Crippen LogP contribution in [-0.4, -0.2) is 38.1 Å². The number of benzene rings is 1. The van der Waals surface area contributed by atoms with Crippen molar-refractivity contribution in [2.45, 2.75) is 32.7 Å². The summed E-state index contributed by atoms with van der Waals surface area (Å²) in [6.07, 6.45) is 2.12. The third-order valence-electron chi connectivity index (χ3n) is 4.77. The Bertz CT molecular complexity index is 505. The number of aryl methyl sites for hydroxylation is 2. The first-order valence-corrected chi connectivity index (χ1v) is 7.79. The minimum absolute atomic E-state index is 0.0902. The van der Waals surface area contributed by atoms with Crippen LogP contribution in [0.4, 0.5) is 0 Å². The molecule has 0 amide bonds. The molecule has 1 unspecified atom stereocenters. The Morgan fingerprint density at radius 3 is 2.71 bits per heavy atom. The van der Waals surface area contributed by atoms with Crippen LogP contribution >= 0.6 is 0 Å². The van der Waals surface area contributed by atoms with Gasteiger partial charge in [0.1, 0.15) is 5.75 Å². The fourth-order valence-electron chi connectivity index (χ4n) is 3.03. The van der Waals surface area contributed by atoms with Crippen molar-refractivity contribution >= 4 is 0 Å². The lowest BCUT2D eigenvalue weighted by molar-refractivity contribution is -0.135. The number of nitrogens with one attached hydrogen (secondary N) is 1. The van der Waals surface area contributed by atoms with E-state index in [-0.39, 0.29) is 12.0 Å². The van der Waals surface area contributed by atoms with Crippen molar-refractivity contribution in [2.75, 3.05) is 33.0 Å². The van der Waals surface area contributed by atoms with E-state index in [0.29, 0.717) is 19.3 Å². The molecule has 116 valence electrons. The van der Waals surface area contributed by atoms with Gasteiger partial charge < -0.3 is 19.9 Å². The zero-order valence-electron chi connectivity index (χ0n) is 12.9. The van der Waals surface area contributed by atoms with Gasteiger partial charge in [-0.2, -0.15) is 0 Å². The monoisotopic (exact) mass is 291 g/mol. The Balaban J connectivity index is 1.78. The van der Waals surface area contributed by atoms with Crippen LogP contribution in [0, 0.1) is 19.3 Å². The predicted octanol–water partition coefficient (Wildman–Crippen LogP) is 2.12. The highest BCUT2D eigenvalue weighted by atomic mass is 16.5. The molecule has 0 radical (unpaired) electrons. The van der Waals surface area contributed by atoms with Crippen molar-refractivity contribution in [3.05, 3.63) is 28.8 Å². The highest BCUT2D eigenvalue weighted by Gasteiger charge is 2.38. The summed E-state index contributed by atoms with van der Waals surface area (Å²) in [5.74, 6) is 1.01. The molecule has 4 nitrogen and oxygen atoms in total. The average Bonchev–Trinajstić information content (AvgIpc) is 2.62. The van der Waals surface area contributed by atoms with E-state index in [2.05, 4.69) is 31.3 Å². The van der Waals surface area contributed by atoms with Crippen LogP contribution in [0.5, 0.6) is 5.75 Å². The van der Waals surface area contributed by atoms with Gasteiger partial charge in [0.15, 0.2) is 0 Å². The molecule has 0 aliphatic carbocycles. The first kappa shape index (κ1) is 14.8. The molecule has 0 bridgehead atoms. The molecule has 1 saturated heterocycles. The fourth-order valence-corrected chi connectivity index (χ4v) is 3.03. The van der Waals surface area contributed by atoms with Gasteiger partial charge >= 0.3 is 0 Å². The third kappa shape index (κ3) is 2.93. The number of hydrogen-bond acceptors (Lipinski definition) is 4. The van der Waals surface area contributed by atoms with Crippen LogP contribution in [0.1, 0.15) is 35.6 Å². The SMILES string of the molecule is Cc1cc2c(cc1C)C(NCC1(CO)COC1)CCCO2. The normalized spacial score (nSPS) is 23.7. The second-order valence-electron chi connectivity index (χ2n) is 6.55. The minimum atomic E-state index is -0.0902. The number of hydrogen-bond donors (Lipinski definition) is 2. The molecule has 2 N–H and O–H groups in total. The summed E-state index contributed by atoms with van der Waals surface area (Å²) in [7, 11) is 0. The zero-order valence-corrected chi connectivity index (χ0v) is 12.9. The van der Waals surface area contributed by atoms with Crippen molar-refractivity contribution in [1.82, 2.24) is 5.32 Å². The van der Waals surface area contributed by atoms with Crippen molar-refractivity contribution < 1.29 is 14.6 Å². The molecular weight excluding hydrogens is 266 g/mol. The lowest BCUT2D eigenvalue weighted by atomic mass is 9.86. The Morgan fingerprint density at radius 1 is 1.29 bits per heavy atom. The summed E-state index contributed by atoms with van der Waals surface area (Å²) >= 11 is 0. The second kappa shape index (κ2) is 5.95. The van der Waals surface area contributed by atoms with Crippen molar-refractivity contribution in [3.8, 4) is 5.75 Å². The predicted molar refractivity (Wildman–Crippen MR) is 81.7 cm³/mol. The average molecular weight is 291 g/mol. The zero-order chi connectivity index (χ0) is 14.9. The fraction of sp³-hybridized carbons (Fsp3) is 0.647. The summed E-state index contributed by atoms with van der Waals surface area (Å²) in [6.45, 7) is 7.33. The first-order valence-electron chi connectivity index (χ1n) is 7.79. The Labute approximate surface area is 126 Å². The van der Waals surface area contributed by atoms with Crippen molar-refractivity contribution in [2.24, 2.45) is 5.41 Å². The Morgan fingerprint density at radius 2 is 2.05 bits per heavy atom. The van der Waals surface area contributed by atoms with Gasteiger partial charge in [-0.1, -0.05) is 6.07 Å². The molecule has 1 atom stereocenters. The molecule has 1 fully saturated rings. The molecule has 0 spiro atoms. The van der Waals surface area contributed by atoms with Gasteiger partial charge in [0.05, 0.1) is 31.8 Å². The molecule has 0 aromatic heterocycles. The molecule has 1 aromatic rings. The highest BCUT2D eigenvalue weighted by Crippen LogP contribution is 2.35.